The van der Waals surface area contributed by atoms with E-state index in [4.69, 9.17) is 5.73 Å². The van der Waals surface area contributed by atoms with Gasteiger partial charge >= 0.3 is 0 Å². The van der Waals surface area contributed by atoms with Crippen LogP contribution in [0.25, 0.3) is 0 Å². The third kappa shape index (κ3) is 3.44. The number of hydrogen-bond donors (Lipinski definition) is 1. The van der Waals surface area contributed by atoms with E-state index in [0.717, 1.165) is 36.1 Å². The molecule has 0 bridgehead atoms. The van der Waals surface area contributed by atoms with Crippen molar-refractivity contribution >= 4 is 0 Å². The van der Waals surface area contributed by atoms with Crippen LogP contribution in [-0.2, 0) is 0 Å². The molecule has 0 aliphatic heterocycles. The third-order valence-electron chi connectivity index (χ3n) is 8.90. The van der Waals surface area contributed by atoms with E-state index in [2.05, 4.69) is 27.7 Å². The van der Waals surface area contributed by atoms with E-state index >= 15 is 0 Å². The van der Waals surface area contributed by atoms with Crippen LogP contribution < -0.4 is 5.73 Å². The summed E-state index contributed by atoms with van der Waals surface area (Å²) >= 11 is 0. The molecule has 140 valence electrons. The van der Waals surface area contributed by atoms with E-state index in [9.17, 15) is 0 Å². The predicted octanol–water partition coefficient (Wildman–Crippen LogP) is 6.41. The molecule has 3 fully saturated rings. The highest BCUT2D eigenvalue weighted by atomic mass is 14.6. The smallest absolute Gasteiger partial charge is 0.00772 e. The van der Waals surface area contributed by atoms with E-state index in [-0.39, 0.29) is 0 Å². The lowest BCUT2D eigenvalue weighted by Gasteiger charge is -2.53. The molecule has 0 aromatic carbocycles. The van der Waals surface area contributed by atoms with Gasteiger partial charge in [0, 0.05) is 0 Å². The molecule has 0 aromatic heterocycles. The summed E-state index contributed by atoms with van der Waals surface area (Å²) in [6.45, 7) is 11.3. The summed E-state index contributed by atoms with van der Waals surface area (Å²) in [4.78, 5) is 0. The van der Waals surface area contributed by atoms with Gasteiger partial charge < -0.3 is 5.73 Å². The van der Waals surface area contributed by atoms with E-state index in [1.54, 1.807) is 0 Å². The molecule has 0 heterocycles. The molecule has 3 aliphatic carbocycles. The fourth-order valence-corrected chi connectivity index (χ4v) is 7.32. The summed E-state index contributed by atoms with van der Waals surface area (Å²) in [6, 6.07) is 0. The van der Waals surface area contributed by atoms with Crippen molar-refractivity contribution in [2.45, 2.75) is 98.3 Å². The van der Waals surface area contributed by atoms with Gasteiger partial charge in [0.15, 0.2) is 0 Å². The monoisotopic (exact) mass is 333 g/mol. The first kappa shape index (κ1) is 18.7. The maximum absolute atomic E-state index is 5.83. The Kier molecular flexibility index (Phi) is 5.70. The van der Waals surface area contributed by atoms with Crippen molar-refractivity contribution in [2.24, 2.45) is 46.2 Å². The lowest BCUT2D eigenvalue weighted by molar-refractivity contribution is -0.0408. The highest BCUT2D eigenvalue weighted by Crippen LogP contribution is 2.63. The molecule has 0 amide bonds. The highest BCUT2D eigenvalue weighted by Gasteiger charge is 2.55. The minimum atomic E-state index is 0.561. The number of fused-ring (bicyclic) bond motifs is 3. The molecular weight excluding hydrogens is 290 g/mol. The average molecular weight is 334 g/mol. The average Bonchev–Trinajstić information content (AvgIpc) is 2.88. The molecule has 6 unspecified atom stereocenters. The van der Waals surface area contributed by atoms with Gasteiger partial charge in [0.1, 0.15) is 0 Å². The maximum Gasteiger partial charge on any atom is -0.00772 e. The lowest BCUT2D eigenvalue weighted by atomic mass is 9.52. The van der Waals surface area contributed by atoms with Crippen LogP contribution in [0.4, 0.5) is 0 Å². The first-order valence-electron chi connectivity index (χ1n) is 11.1. The van der Waals surface area contributed by atoms with Crippen LogP contribution in [0, 0.1) is 40.4 Å². The van der Waals surface area contributed by atoms with Crippen LogP contribution >= 0.6 is 0 Å². The summed E-state index contributed by atoms with van der Waals surface area (Å²) in [5, 5.41) is 0. The second-order valence-electron chi connectivity index (χ2n) is 10.7. The van der Waals surface area contributed by atoms with Gasteiger partial charge in [0.2, 0.25) is 0 Å². The zero-order valence-electron chi connectivity index (χ0n) is 16.9. The molecular formula is C23H43N. The number of nitrogens with two attached hydrogens (primary N) is 1. The minimum Gasteiger partial charge on any atom is -0.330 e. The Morgan fingerprint density at radius 2 is 1.67 bits per heavy atom. The zero-order valence-corrected chi connectivity index (χ0v) is 16.9. The fourth-order valence-electron chi connectivity index (χ4n) is 7.32. The van der Waals surface area contributed by atoms with Crippen LogP contribution in [-0.4, -0.2) is 6.54 Å². The van der Waals surface area contributed by atoms with E-state index in [0.29, 0.717) is 10.8 Å². The molecule has 3 rings (SSSR count). The van der Waals surface area contributed by atoms with E-state index in [1.807, 2.05) is 0 Å². The van der Waals surface area contributed by atoms with Gasteiger partial charge in [-0.3, -0.25) is 0 Å². The molecule has 24 heavy (non-hydrogen) atoms. The molecule has 1 heteroatoms. The maximum atomic E-state index is 5.83. The van der Waals surface area contributed by atoms with Crippen LogP contribution in [0.3, 0.4) is 0 Å². The molecule has 6 atom stereocenters. The quantitative estimate of drug-likeness (QED) is 0.634. The van der Waals surface area contributed by atoms with Gasteiger partial charge in [0.05, 0.1) is 0 Å². The Bertz CT molecular complexity index is 414. The first-order valence-corrected chi connectivity index (χ1v) is 11.1. The molecule has 3 saturated carbocycles. The van der Waals surface area contributed by atoms with Crippen LogP contribution in [0.1, 0.15) is 98.3 Å². The van der Waals surface area contributed by atoms with Gasteiger partial charge in [-0.1, -0.05) is 47.0 Å². The van der Waals surface area contributed by atoms with Crippen LogP contribution in [0.5, 0.6) is 0 Å². The van der Waals surface area contributed by atoms with Crippen LogP contribution in [0.15, 0.2) is 0 Å². The summed E-state index contributed by atoms with van der Waals surface area (Å²) in [5.74, 6) is 4.89. The standard InChI is InChI=1S/C23H43N/c1-17-7-5-14-22(2,3)20-13-15-23(4)18(8-6-16-24)10-12-21(23)19(20)11-9-17/h17-21H,5-16,24H2,1-4H3. The Balaban J connectivity index is 1.82. The second-order valence-corrected chi connectivity index (χ2v) is 10.7. The summed E-state index contributed by atoms with van der Waals surface area (Å²) < 4.78 is 0. The van der Waals surface area contributed by atoms with E-state index in [1.165, 1.54) is 70.6 Å². The van der Waals surface area contributed by atoms with Crippen molar-refractivity contribution < 1.29 is 0 Å². The van der Waals surface area contributed by atoms with Crippen molar-refractivity contribution in [1.82, 2.24) is 0 Å². The van der Waals surface area contributed by atoms with Crippen molar-refractivity contribution in [1.29, 1.82) is 0 Å². The molecule has 0 saturated heterocycles. The van der Waals surface area contributed by atoms with Gasteiger partial charge in [0.25, 0.3) is 0 Å². The van der Waals surface area contributed by atoms with Gasteiger partial charge in [-0.25, -0.2) is 0 Å². The van der Waals surface area contributed by atoms with Gasteiger partial charge in [-0.15, -0.1) is 0 Å². The number of hydrogen-bond acceptors (Lipinski definition) is 1. The highest BCUT2D eigenvalue weighted by molar-refractivity contribution is 5.04. The van der Waals surface area contributed by atoms with Crippen molar-refractivity contribution in [2.75, 3.05) is 6.54 Å². The molecule has 2 N–H and O–H groups in total. The first-order chi connectivity index (χ1) is 11.4. The second kappa shape index (κ2) is 7.29. The zero-order chi connectivity index (χ0) is 17.4. The Morgan fingerprint density at radius 1 is 0.875 bits per heavy atom. The summed E-state index contributed by atoms with van der Waals surface area (Å²) in [7, 11) is 0. The van der Waals surface area contributed by atoms with Gasteiger partial charge in [-0.05, 0) is 98.3 Å². The fraction of sp³-hybridized carbons (Fsp3) is 1.00. The van der Waals surface area contributed by atoms with Gasteiger partial charge in [-0.2, -0.15) is 0 Å². The normalized spacial score (nSPS) is 45.6. The largest absolute Gasteiger partial charge is 0.330 e. The molecule has 0 radical (unpaired) electrons. The Labute approximate surface area is 151 Å². The number of rotatable bonds is 3. The van der Waals surface area contributed by atoms with Crippen molar-refractivity contribution in [3.8, 4) is 0 Å². The molecule has 0 aromatic rings. The molecule has 3 aliphatic rings. The Hall–Kier alpha value is -0.0400. The van der Waals surface area contributed by atoms with Crippen LogP contribution in [0.2, 0.25) is 0 Å². The predicted molar refractivity (Wildman–Crippen MR) is 105 cm³/mol. The summed E-state index contributed by atoms with van der Waals surface area (Å²) in [6.07, 6.45) is 16.0. The van der Waals surface area contributed by atoms with Crippen molar-refractivity contribution in [3.63, 3.8) is 0 Å². The molecule has 0 spiro atoms. The lowest BCUT2D eigenvalue weighted by Crippen LogP contribution is -2.45. The third-order valence-corrected chi connectivity index (χ3v) is 8.90. The molecule has 1 nitrogen and oxygen atoms in total. The minimum absolute atomic E-state index is 0.561. The van der Waals surface area contributed by atoms with E-state index < -0.39 is 0 Å². The van der Waals surface area contributed by atoms with Crippen molar-refractivity contribution in [3.05, 3.63) is 0 Å². The SMILES string of the molecule is CC1CCCC(C)(C)C2CCC3(C)C(CCCN)CCC3C2CC1. The Morgan fingerprint density at radius 3 is 2.42 bits per heavy atom. The topological polar surface area (TPSA) is 26.0 Å². The summed E-state index contributed by atoms with van der Waals surface area (Å²) in [5.41, 5.74) is 7.02.